The predicted octanol–water partition coefficient (Wildman–Crippen LogP) is 2.10. The maximum atomic E-state index is 12.9. The second-order valence-electron chi connectivity index (χ2n) is 7.10. The number of carbonyl (C=O) groups is 3. The van der Waals surface area contributed by atoms with Gasteiger partial charge in [-0.15, -0.1) is 0 Å². The fourth-order valence-corrected chi connectivity index (χ4v) is 3.24. The van der Waals surface area contributed by atoms with Gasteiger partial charge in [-0.3, -0.25) is 14.5 Å². The summed E-state index contributed by atoms with van der Waals surface area (Å²) in [4.78, 5) is 40.7. The molecule has 1 aromatic carbocycles. The van der Waals surface area contributed by atoms with Crippen LogP contribution in [0.5, 0.6) is 0 Å². The highest BCUT2D eigenvalue weighted by Gasteiger charge is 2.49. The van der Waals surface area contributed by atoms with E-state index >= 15 is 0 Å². The standard InChI is InChI=1S/C19H25N3O3/c1-3-11-21(12-14-9-10-14)16(23)13-22-17(24)19(2,20-18(22)25)15-7-5-4-6-8-15/h4-8,14H,3,9-13H2,1-2H3,(H,20,25). The number of carbonyl (C=O) groups excluding carboxylic acids is 3. The molecule has 3 rings (SSSR count). The van der Waals surface area contributed by atoms with Crippen molar-refractivity contribution in [1.82, 2.24) is 15.1 Å². The molecule has 1 atom stereocenters. The fourth-order valence-electron chi connectivity index (χ4n) is 3.24. The van der Waals surface area contributed by atoms with Gasteiger partial charge < -0.3 is 10.2 Å². The summed E-state index contributed by atoms with van der Waals surface area (Å²) in [7, 11) is 0. The summed E-state index contributed by atoms with van der Waals surface area (Å²) in [6.07, 6.45) is 3.17. The van der Waals surface area contributed by atoms with Crippen molar-refractivity contribution in [3.8, 4) is 0 Å². The van der Waals surface area contributed by atoms with Crippen LogP contribution in [0.25, 0.3) is 0 Å². The van der Waals surface area contributed by atoms with Crippen LogP contribution in [0.3, 0.4) is 0 Å². The van der Waals surface area contributed by atoms with Gasteiger partial charge in [-0.2, -0.15) is 0 Å². The monoisotopic (exact) mass is 343 g/mol. The molecule has 1 heterocycles. The Morgan fingerprint density at radius 2 is 1.96 bits per heavy atom. The first-order valence-electron chi connectivity index (χ1n) is 8.93. The molecule has 2 fully saturated rings. The number of imide groups is 1. The van der Waals surface area contributed by atoms with Gasteiger partial charge in [0.25, 0.3) is 5.91 Å². The minimum Gasteiger partial charge on any atom is -0.341 e. The Bertz CT molecular complexity index is 672. The highest BCUT2D eigenvalue weighted by molar-refractivity contribution is 6.09. The van der Waals surface area contributed by atoms with Crippen molar-refractivity contribution in [2.75, 3.05) is 19.6 Å². The van der Waals surface area contributed by atoms with Crippen LogP contribution in [0, 0.1) is 5.92 Å². The number of nitrogens with one attached hydrogen (secondary N) is 1. The molecular formula is C19H25N3O3. The van der Waals surface area contributed by atoms with Gasteiger partial charge in [0.2, 0.25) is 5.91 Å². The summed E-state index contributed by atoms with van der Waals surface area (Å²) < 4.78 is 0. The van der Waals surface area contributed by atoms with E-state index < -0.39 is 11.6 Å². The second-order valence-corrected chi connectivity index (χ2v) is 7.10. The Balaban J connectivity index is 1.72. The molecule has 6 heteroatoms. The highest BCUT2D eigenvalue weighted by atomic mass is 16.2. The minimum atomic E-state index is -1.12. The van der Waals surface area contributed by atoms with Crippen molar-refractivity contribution in [3.63, 3.8) is 0 Å². The van der Waals surface area contributed by atoms with E-state index in [2.05, 4.69) is 5.32 Å². The number of hydrogen-bond acceptors (Lipinski definition) is 3. The van der Waals surface area contributed by atoms with Gasteiger partial charge in [0.05, 0.1) is 0 Å². The average molecular weight is 343 g/mol. The number of rotatable bonds is 7. The van der Waals surface area contributed by atoms with Gasteiger partial charge >= 0.3 is 6.03 Å². The van der Waals surface area contributed by atoms with E-state index in [0.717, 1.165) is 30.7 Å². The SMILES string of the molecule is CCCN(CC1CC1)C(=O)CN1C(=O)NC(C)(c2ccccc2)C1=O. The number of benzene rings is 1. The zero-order chi connectivity index (χ0) is 18.0. The quantitative estimate of drug-likeness (QED) is 0.771. The fraction of sp³-hybridized carbons (Fsp3) is 0.526. The van der Waals surface area contributed by atoms with Gasteiger partial charge in [0.1, 0.15) is 12.1 Å². The second kappa shape index (κ2) is 6.86. The first-order valence-corrected chi connectivity index (χ1v) is 8.93. The van der Waals surface area contributed by atoms with Crippen LogP contribution in [-0.4, -0.2) is 47.3 Å². The van der Waals surface area contributed by atoms with Gasteiger partial charge in [-0.25, -0.2) is 4.79 Å². The lowest BCUT2D eigenvalue weighted by Crippen LogP contribution is -2.45. The molecule has 1 N–H and O–H groups in total. The van der Waals surface area contributed by atoms with Gasteiger partial charge in [-0.1, -0.05) is 37.3 Å². The van der Waals surface area contributed by atoms with Gasteiger partial charge in [-0.05, 0) is 37.7 Å². The third-order valence-electron chi connectivity index (χ3n) is 4.94. The van der Waals surface area contributed by atoms with Crippen LogP contribution in [-0.2, 0) is 15.1 Å². The Hall–Kier alpha value is -2.37. The van der Waals surface area contributed by atoms with E-state index in [9.17, 15) is 14.4 Å². The van der Waals surface area contributed by atoms with E-state index in [0.29, 0.717) is 18.0 Å². The Kier molecular flexibility index (Phi) is 4.79. The molecule has 0 radical (unpaired) electrons. The number of urea groups is 1. The topological polar surface area (TPSA) is 69.7 Å². The van der Waals surface area contributed by atoms with E-state index in [-0.39, 0.29) is 18.4 Å². The lowest BCUT2D eigenvalue weighted by molar-refractivity contribution is -0.139. The molecule has 1 aliphatic heterocycles. The van der Waals surface area contributed by atoms with Gasteiger partial charge in [0.15, 0.2) is 0 Å². The van der Waals surface area contributed by atoms with Crippen molar-refractivity contribution in [2.45, 2.75) is 38.6 Å². The Labute approximate surface area is 148 Å². The zero-order valence-electron chi connectivity index (χ0n) is 14.8. The van der Waals surface area contributed by atoms with Crippen molar-refractivity contribution in [1.29, 1.82) is 0 Å². The predicted molar refractivity (Wildman–Crippen MR) is 93.6 cm³/mol. The molecule has 1 unspecified atom stereocenters. The molecule has 0 bridgehead atoms. The molecule has 0 aromatic heterocycles. The Morgan fingerprint density at radius 3 is 2.56 bits per heavy atom. The smallest absolute Gasteiger partial charge is 0.325 e. The number of nitrogens with zero attached hydrogens (tertiary/aromatic N) is 2. The molecule has 4 amide bonds. The summed E-state index contributed by atoms with van der Waals surface area (Å²) in [5.74, 6) is 0.0441. The van der Waals surface area contributed by atoms with Crippen LogP contribution >= 0.6 is 0 Å². The minimum absolute atomic E-state index is 0.158. The largest absolute Gasteiger partial charge is 0.341 e. The summed E-state index contributed by atoms with van der Waals surface area (Å²) in [5.41, 5.74) is -0.406. The van der Waals surface area contributed by atoms with Crippen LogP contribution in [0.4, 0.5) is 4.79 Å². The third kappa shape index (κ3) is 3.52. The van der Waals surface area contributed by atoms with Crippen LogP contribution in [0.2, 0.25) is 0 Å². The molecular weight excluding hydrogens is 318 g/mol. The van der Waals surface area contributed by atoms with E-state index in [1.54, 1.807) is 24.0 Å². The van der Waals surface area contributed by atoms with Crippen molar-refractivity contribution in [2.24, 2.45) is 5.92 Å². The van der Waals surface area contributed by atoms with E-state index in [1.165, 1.54) is 0 Å². The molecule has 2 aliphatic rings. The summed E-state index contributed by atoms with van der Waals surface area (Å²) in [6, 6.07) is 8.61. The molecule has 0 spiro atoms. The lowest BCUT2D eigenvalue weighted by Gasteiger charge is -2.25. The molecule has 25 heavy (non-hydrogen) atoms. The zero-order valence-corrected chi connectivity index (χ0v) is 14.8. The normalized spacial score (nSPS) is 22.9. The third-order valence-corrected chi connectivity index (χ3v) is 4.94. The van der Waals surface area contributed by atoms with Crippen molar-refractivity contribution < 1.29 is 14.4 Å². The lowest BCUT2D eigenvalue weighted by atomic mass is 9.92. The Morgan fingerprint density at radius 1 is 1.28 bits per heavy atom. The van der Waals surface area contributed by atoms with Crippen molar-refractivity contribution in [3.05, 3.63) is 35.9 Å². The molecule has 134 valence electrons. The summed E-state index contributed by atoms with van der Waals surface area (Å²) in [6.45, 7) is 4.90. The average Bonchev–Trinajstić information content (AvgIpc) is 3.39. The molecule has 1 aliphatic carbocycles. The molecule has 1 saturated carbocycles. The van der Waals surface area contributed by atoms with Crippen LogP contribution in [0.15, 0.2) is 30.3 Å². The van der Waals surface area contributed by atoms with Crippen LogP contribution < -0.4 is 5.32 Å². The molecule has 1 aromatic rings. The first kappa shape index (κ1) is 17.5. The molecule has 6 nitrogen and oxygen atoms in total. The van der Waals surface area contributed by atoms with Gasteiger partial charge in [0, 0.05) is 13.1 Å². The van der Waals surface area contributed by atoms with Crippen LogP contribution in [0.1, 0.15) is 38.7 Å². The number of amides is 4. The summed E-state index contributed by atoms with van der Waals surface area (Å²) >= 11 is 0. The highest BCUT2D eigenvalue weighted by Crippen LogP contribution is 2.31. The number of hydrogen-bond donors (Lipinski definition) is 1. The van der Waals surface area contributed by atoms with Crippen molar-refractivity contribution >= 4 is 17.8 Å². The van der Waals surface area contributed by atoms with E-state index in [4.69, 9.17) is 0 Å². The molecule has 1 saturated heterocycles. The summed E-state index contributed by atoms with van der Waals surface area (Å²) in [5, 5.41) is 2.74. The first-order chi connectivity index (χ1) is 12.0. The van der Waals surface area contributed by atoms with E-state index in [1.807, 2.05) is 25.1 Å². The maximum Gasteiger partial charge on any atom is 0.325 e. The maximum absolute atomic E-state index is 12.9.